The van der Waals surface area contributed by atoms with Crippen LogP contribution in [0.5, 0.6) is 11.5 Å². The minimum atomic E-state index is -3.79. The predicted octanol–water partition coefficient (Wildman–Crippen LogP) is 2.37. The molecule has 7 nitrogen and oxygen atoms in total. The summed E-state index contributed by atoms with van der Waals surface area (Å²) in [7, 11) is -3.79. The summed E-state index contributed by atoms with van der Waals surface area (Å²) < 4.78 is 39.7. The number of hydrogen-bond donors (Lipinski definition) is 2. The molecule has 1 aliphatic rings. The third-order valence-corrected chi connectivity index (χ3v) is 4.57. The largest absolute Gasteiger partial charge is 0.488 e. The smallest absolute Gasteiger partial charge is 0.344 e. The maximum Gasteiger partial charge on any atom is 0.344 e. The molecule has 9 heteroatoms. The van der Waals surface area contributed by atoms with Crippen molar-refractivity contribution in [1.29, 1.82) is 0 Å². The molecule has 0 aromatic heterocycles. The molecule has 2 aromatic rings. The van der Waals surface area contributed by atoms with Crippen LogP contribution in [0.4, 0.5) is 5.69 Å². The number of amidine groups is 1. The van der Waals surface area contributed by atoms with E-state index in [1.165, 1.54) is 0 Å². The van der Waals surface area contributed by atoms with E-state index in [2.05, 4.69) is 9.12 Å². The van der Waals surface area contributed by atoms with Gasteiger partial charge in [0.05, 0.1) is 11.3 Å². The van der Waals surface area contributed by atoms with Crippen LogP contribution in [0.2, 0.25) is 0 Å². The zero-order valence-electron chi connectivity index (χ0n) is 11.7. The summed E-state index contributed by atoms with van der Waals surface area (Å²) in [6.45, 7) is 0.304. The van der Waals surface area contributed by atoms with Crippen LogP contribution in [0.3, 0.4) is 0 Å². The first-order valence-electron chi connectivity index (χ1n) is 6.50. The molecule has 1 heterocycles. The van der Waals surface area contributed by atoms with Crippen molar-refractivity contribution in [2.75, 3.05) is 4.72 Å². The van der Waals surface area contributed by atoms with Crippen molar-refractivity contribution in [3.63, 3.8) is 0 Å². The third-order valence-electron chi connectivity index (χ3n) is 3.15. The standard InChI is InChI=1S/C14H12IN3O4S/c15-22-10-6-4-9(5-7-10)8-21-12-3-1-2-11-13(12)14(16)18-23(19,20)17-11/h1-7,17H,8H2,(H2,16,18). The van der Waals surface area contributed by atoms with E-state index in [0.717, 1.165) is 11.3 Å². The molecule has 0 saturated carbocycles. The highest BCUT2D eigenvalue weighted by Crippen LogP contribution is 2.31. The Balaban J connectivity index is 1.84. The number of ether oxygens (including phenoxy) is 1. The number of nitrogens with zero attached hydrogens (tertiary/aromatic N) is 1. The molecule has 0 bridgehead atoms. The average molecular weight is 445 g/mol. The fourth-order valence-corrected chi connectivity index (χ4v) is 3.27. The number of nitrogens with two attached hydrogens (primary N) is 1. The lowest BCUT2D eigenvalue weighted by Gasteiger charge is -2.19. The molecule has 3 rings (SSSR count). The van der Waals surface area contributed by atoms with Gasteiger partial charge in [-0.25, -0.2) is 0 Å². The van der Waals surface area contributed by atoms with E-state index in [-0.39, 0.29) is 5.84 Å². The number of hydrogen-bond acceptors (Lipinski definition) is 5. The molecular weight excluding hydrogens is 433 g/mol. The van der Waals surface area contributed by atoms with Crippen LogP contribution in [0.25, 0.3) is 0 Å². The Morgan fingerprint density at radius 3 is 2.61 bits per heavy atom. The quantitative estimate of drug-likeness (QED) is 0.704. The van der Waals surface area contributed by atoms with E-state index >= 15 is 0 Å². The molecule has 0 unspecified atom stereocenters. The van der Waals surface area contributed by atoms with Crippen LogP contribution in [0.1, 0.15) is 11.1 Å². The highest BCUT2D eigenvalue weighted by atomic mass is 127. The summed E-state index contributed by atoms with van der Waals surface area (Å²) in [6.07, 6.45) is 0. The van der Waals surface area contributed by atoms with Gasteiger partial charge in [-0.1, -0.05) is 18.2 Å². The summed E-state index contributed by atoms with van der Waals surface area (Å²) in [6, 6.07) is 12.4. The van der Waals surface area contributed by atoms with Gasteiger partial charge < -0.3 is 13.5 Å². The van der Waals surface area contributed by atoms with Crippen molar-refractivity contribution in [1.82, 2.24) is 0 Å². The molecule has 120 valence electrons. The monoisotopic (exact) mass is 445 g/mol. The van der Waals surface area contributed by atoms with E-state index in [1.54, 1.807) is 18.2 Å². The third kappa shape index (κ3) is 3.50. The van der Waals surface area contributed by atoms with Gasteiger partial charge in [0, 0.05) is 0 Å². The molecule has 0 aliphatic carbocycles. The number of fused-ring (bicyclic) bond motifs is 1. The highest BCUT2D eigenvalue weighted by Gasteiger charge is 2.24. The summed E-state index contributed by atoms with van der Waals surface area (Å²) in [5, 5.41) is 0. The fraction of sp³-hybridized carbons (Fsp3) is 0.0714. The molecule has 23 heavy (non-hydrogen) atoms. The normalized spacial score (nSPS) is 15.1. The first-order valence-corrected chi connectivity index (χ1v) is 8.82. The summed E-state index contributed by atoms with van der Waals surface area (Å²) in [5.74, 6) is 1.11. The minimum absolute atomic E-state index is 0.0944. The molecule has 0 atom stereocenters. The van der Waals surface area contributed by atoms with Crippen LogP contribution in [0, 0.1) is 0 Å². The molecule has 3 N–H and O–H groups in total. The van der Waals surface area contributed by atoms with Crippen LogP contribution >= 0.6 is 23.0 Å². The zero-order chi connectivity index (χ0) is 16.4. The lowest BCUT2D eigenvalue weighted by atomic mass is 10.1. The van der Waals surface area contributed by atoms with Gasteiger partial charge in [0.1, 0.15) is 18.1 Å². The van der Waals surface area contributed by atoms with Gasteiger partial charge in [-0.15, -0.1) is 4.40 Å². The molecule has 0 radical (unpaired) electrons. The molecule has 0 fully saturated rings. The van der Waals surface area contributed by atoms with Crippen LogP contribution < -0.4 is 18.3 Å². The molecule has 0 spiro atoms. The fourth-order valence-electron chi connectivity index (χ4n) is 2.14. The highest BCUT2D eigenvalue weighted by molar-refractivity contribution is 14.1. The Morgan fingerprint density at radius 1 is 1.17 bits per heavy atom. The maximum absolute atomic E-state index is 11.5. The Labute approximate surface area is 147 Å². The van der Waals surface area contributed by atoms with Crippen LogP contribution in [0.15, 0.2) is 46.9 Å². The van der Waals surface area contributed by atoms with E-state index in [1.807, 2.05) is 47.3 Å². The van der Waals surface area contributed by atoms with Crippen molar-refractivity contribution < 1.29 is 16.2 Å². The number of halogens is 1. The van der Waals surface area contributed by atoms with Crippen LogP contribution in [-0.4, -0.2) is 14.3 Å². The Bertz CT molecular complexity index is 866. The summed E-state index contributed by atoms with van der Waals surface area (Å²) >= 11 is 1.81. The lowest BCUT2D eigenvalue weighted by Crippen LogP contribution is -2.26. The SMILES string of the molecule is NC1=NS(=O)(=O)Nc2cccc(OCc3ccc(OI)cc3)c21. The summed E-state index contributed by atoms with van der Waals surface area (Å²) in [4.78, 5) is 0. The van der Waals surface area contributed by atoms with E-state index in [4.69, 9.17) is 13.5 Å². The topological polar surface area (TPSA) is 103 Å². The van der Waals surface area contributed by atoms with Gasteiger partial charge in [-0.2, -0.15) is 8.42 Å². The second-order valence-corrected chi connectivity index (χ2v) is 6.52. The Kier molecular flexibility index (Phi) is 4.31. The van der Waals surface area contributed by atoms with Crippen molar-refractivity contribution in [3.05, 3.63) is 53.6 Å². The Morgan fingerprint density at radius 2 is 1.91 bits per heavy atom. The number of anilines is 1. The first-order chi connectivity index (χ1) is 11.0. The predicted molar refractivity (Wildman–Crippen MR) is 95.1 cm³/mol. The van der Waals surface area contributed by atoms with E-state index in [9.17, 15) is 8.42 Å². The molecule has 2 aromatic carbocycles. The minimum Gasteiger partial charge on any atom is -0.488 e. The van der Waals surface area contributed by atoms with Gasteiger partial charge in [-0.3, -0.25) is 4.72 Å². The number of rotatable bonds is 4. The molecule has 0 saturated heterocycles. The van der Waals surface area contributed by atoms with Crippen molar-refractivity contribution in [2.24, 2.45) is 10.1 Å². The van der Waals surface area contributed by atoms with Gasteiger partial charge in [0.25, 0.3) is 0 Å². The maximum atomic E-state index is 11.5. The second-order valence-electron chi connectivity index (χ2n) is 4.74. The van der Waals surface area contributed by atoms with E-state index in [0.29, 0.717) is 23.6 Å². The average Bonchev–Trinajstić information content (AvgIpc) is 2.51. The van der Waals surface area contributed by atoms with Gasteiger partial charge in [-0.05, 0) is 29.8 Å². The van der Waals surface area contributed by atoms with Crippen molar-refractivity contribution in [3.8, 4) is 11.5 Å². The molecular formula is C14H12IN3O4S. The van der Waals surface area contributed by atoms with Gasteiger partial charge in [0.2, 0.25) is 0 Å². The van der Waals surface area contributed by atoms with Gasteiger partial charge in [0.15, 0.2) is 28.8 Å². The zero-order valence-corrected chi connectivity index (χ0v) is 14.7. The van der Waals surface area contributed by atoms with Crippen LogP contribution in [-0.2, 0) is 16.8 Å². The molecule has 0 amide bonds. The summed E-state index contributed by atoms with van der Waals surface area (Å²) in [5.41, 5.74) is 7.49. The molecule has 1 aliphatic heterocycles. The number of nitrogens with one attached hydrogen (secondary N) is 1. The van der Waals surface area contributed by atoms with Gasteiger partial charge >= 0.3 is 10.2 Å². The van der Waals surface area contributed by atoms with Crippen molar-refractivity contribution >= 4 is 44.7 Å². The lowest BCUT2D eigenvalue weighted by molar-refractivity contribution is 0.306. The van der Waals surface area contributed by atoms with E-state index < -0.39 is 10.2 Å². The Hall–Kier alpha value is -2.01. The first kappa shape index (κ1) is 15.9. The number of benzene rings is 2. The second kappa shape index (κ2) is 6.24. The van der Waals surface area contributed by atoms with Crippen molar-refractivity contribution in [2.45, 2.75) is 6.61 Å².